The molecule has 0 atom stereocenters. The number of aromatic amines is 2. The summed E-state index contributed by atoms with van der Waals surface area (Å²) in [5, 5.41) is 7.71. The number of para-hydroxylation sites is 1. The number of fused-ring (bicyclic) bond motifs is 2. The summed E-state index contributed by atoms with van der Waals surface area (Å²) in [6, 6.07) is 10.4. The SMILES string of the molecule is C=C(C)/C=C(\C(C)=C/C)c1ccc2[nH]nc(-c3nc4c(N5CCN(C)CC5)cccc4[nH]3)c2n1. The number of aromatic nitrogens is 5. The van der Waals surface area contributed by atoms with E-state index in [2.05, 4.69) is 75.9 Å². The number of imidazole rings is 1. The van der Waals surface area contributed by atoms with Crippen molar-refractivity contribution in [1.29, 1.82) is 0 Å². The maximum Gasteiger partial charge on any atom is 0.161 e. The van der Waals surface area contributed by atoms with Gasteiger partial charge in [-0.25, -0.2) is 9.97 Å². The number of benzene rings is 1. The summed E-state index contributed by atoms with van der Waals surface area (Å²) in [5.41, 5.74) is 9.64. The van der Waals surface area contributed by atoms with Crippen molar-refractivity contribution < 1.29 is 0 Å². The zero-order valence-electron chi connectivity index (χ0n) is 20.3. The second-order valence-corrected chi connectivity index (χ2v) is 9.09. The van der Waals surface area contributed by atoms with Gasteiger partial charge in [0.25, 0.3) is 0 Å². The number of nitrogens with zero attached hydrogens (tertiary/aromatic N) is 5. The molecule has 0 amide bonds. The monoisotopic (exact) mass is 453 g/mol. The Morgan fingerprint density at radius 2 is 1.79 bits per heavy atom. The van der Waals surface area contributed by atoms with Crippen LogP contribution >= 0.6 is 0 Å². The van der Waals surface area contributed by atoms with Crippen LogP contribution in [-0.4, -0.2) is 63.3 Å². The van der Waals surface area contributed by atoms with Crippen LogP contribution in [0.15, 0.2) is 60.2 Å². The van der Waals surface area contributed by atoms with Gasteiger partial charge in [0.15, 0.2) is 11.5 Å². The molecule has 0 bridgehead atoms. The topological polar surface area (TPSA) is 76.7 Å². The molecule has 2 N–H and O–H groups in total. The minimum atomic E-state index is 0.723. The highest BCUT2D eigenvalue weighted by Crippen LogP contribution is 2.32. The molecule has 174 valence electrons. The largest absolute Gasteiger partial charge is 0.367 e. The highest BCUT2D eigenvalue weighted by molar-refractivity contribution is 5.95. The summed E-state index contributed by atoms with van der Waals surface area (Å²) in [7, 11) is 2.17. The van der Waals surface area contributed by atoms with E-state index >= 15 is 0 Å². The van der Waals surface area contributed by atoms with Crippen molar-refractivity contribution in [2.45, 2.75) is 20.8 Å². The van der Waals surface area contributed by atoms with Gasteiger partial charge in [0.2, 0.25) is 0 Å². The molecule has 0 spiro atoms. The number of hydrogen-bond acceptors (Lipinski definition) is 5. The van der Waals surface area contributed by atoms with Crippen molar-refractivity contribution in [2.75, 3.05) is 38.1 Å². The molecule has 0 radical (unpaired) electrons. The van der Waals surface area contributed by atoms with Crippen LogP contribution < -0.4 is 4.90 Å². The first-order chi connectivity index (χ1) is 16.4. The molecular weight excluding hydrogens is 422 g/mol. The normalized spacial score (nSPS) is 16.1. The van der Waals surface area contributed by atoms with E-state index in [-0.39, 0.29) is 0 Å². The van der Waals surface area contributed by atoms with E-state index < -0.39 is 0 Å². The predicted octanol–water partition coefficient (Wildman–Crippen LogP) is 5.18. The van der Waals surface area contributed by atoms with Crippen molar-refractivity contribution in [3.8, 4) is 11.5 Å². The summed E-state index contributed by atoms with van der Waals surface area (Å²) < 4.78 is 0. The molecular formula is C27H31N7. The molecule has 1 fully saturated rings. The Morgan fingerprint density at radius 1 is 1.00 bits per heavy atom. The van der Waals surface area contributed by atoms with Gasteiger partial charge in [-0.2, -0.15) is 5.10 Å². The zero-order chi connectivity index (χ0) is 23.8. The standard InChI is InChI=1S/C27H31N7/c1-6-18(4)19(16-17(2)3)20-10-11-22-25(28-20)26(32-31-22)27-29-21-8-7-9-23(24(21)30-27)34-14-12-33(5)13-15-34/h6-11,16H,2,12-15H2,1,3-5H3,(H,29,30)(H,31,32)/b18-6-,19-16+. The van der Waals surface area contributed by atoms with Gasteiger partial charge in [-0.05, 0) is 57.7 Å². The molecule has 1 saturated heterocycles. The van der Waals surface area contributed by atoms with E-state index in [1.54, 1.807) is 0 Å². The van der Waals surface area contributed by atoms with Gasteiger partial charge in [-0.3, -0.25) is 5.10 Å². The van der Waals surface area contributed by atoms with Gasteiger partial charge in [-0.1, -0.05) is 30.4 Å². The molecule has 4 aromatic rings. The molecule has 4 heterocycles. The zero-order valence-corrected chi connectivity index (χ0v) is 20.3. The molecule has 3 aromatic heterocycles. The fourth-order valence-electron chi connectivity index (χ4n) is 4.44. The number of hydrogen-bond donors (Lipinski definition) is 2. The van der Waals surface area contributed by atoms with Crippen molar-refractivity contribution >= 4 is 33.3 Å². The van der Waals surface area contributed by atoms with Crippen LogP contribution in [0.5, 0.6) is 0 Å². The van der Waals surface area contributed by atoms with E-state index in [1.165, 1.54) is 0 Å². The second kappa shape index (κ2) is 8.91. The first-order valence-corrected chi connectivity index (χ1v) is 11.7. The number of nitrogens with one attached hydrogen (secondary N) is 2. The molecule has 5 rings (SSSR count). The van der Waals surface area contributed by atoms with Gasteiger partial charge >= 0.3 is 0 Å². The highest BCUT2D eigenvalue weighted by atomic mass is 15.3. The Bertz CT molecular complexity index is 1430. The van der Waals surface area contributed by atoms with Crippen LogP contribution in [0.25, 0.3) is 39.2 Å². The first kappa shape index (κ1) is 22.1. The van der Waals surface area contributed by atoms with Crippen molar-refractivity contribution in [2.24, 2.45) is 0 Å². The lowest BCUT2D eigenvalue weighted by molar-refractivity contribution is 0.313. The molecule has 1 aliphatic rings. The molecule has 34 heavy (non-hydrogen) atoms. The van der Waals surface area contributed by atoms with Crippen LogP contribution in [0.1, 0.15) is 26.5 Å². The van der Waals surface area contributed by atoms with Crippen LogP contribution in [-0.2, 0) is 0 Å². The minimum absolute atomic E-state index is 0.723. The molecule has 1 aliphatic heterocycles. The van der Waals surface area contributed by atoms with E-state index in [1.807, 2.05) is 26.0 Å². The molecule has 0 saturated carbocycles. The maximum atomic E-state index is 5.00. The third-order valence-electron chi connectivity index (χ3n) is 6.49. The molecule has 0 aliphatic carbocycles. The number of pyridine rings is 1. The van der Waals surface area contributed by atoms with E-state index in [4.69, 9.17) is 9.97 Å². The number of likely N-dealkylation sites (N-methyl/N-ethyl adjacent to an activating group) is 1. The molecule has 1 aromatic carbocycles. The third-order valence-corrected chi connectivity index (χ3v) is 6.49. The van der Waals surface area contributed by atoms with Crippen molar-refractivity contribution in [3.63, 3.8) is 0 Å². The van der Waals surface area contributed by atoms with Gasteiger partial charge in [0.1, 0.15) is 11.0 Å². The molecule has 0 unspecified atom stereocenters. The summed E-state index contributed by atoms with van der Waals surface area (Å²) in [4.78, 5) is 18.3. The molecule has 7 nitrogen and oxygen atoms in total. The number of H-pyrrole nitrogens is 2. The first-order valence-electron chi connectivity index (χ1n) is 11.7. The van der Waals surface area contributed by atoms with Gasteiger partial charge < -0.3 is 14.8 Å². The quantitative estimate of drug-likeness (QED) is 0.407. The van der Waals surface area contributed by atoms with E-state index in [0.717, 1.165) is 87.9 Å². The van der Waals surface area contributed by atoms with E-state index in [9.17, 15) is 0 Å². The summed E-state index contributed by atoms with van der Waals surface area (Å²) in [6.45, 7) is 14.3. The Kier molecular flexibility index (Phi) is 5.79. The summed E-state index contributed by atoms with van der Waals surface area (Å²) >= 11 is 0. The Morgan fingerprint density at radius 3 is 2.53 bits per heavy atom. The fourth-order valence-corrected chi connectivity index (χ4v) is 4.44. The average molecular weight is 454 g/mol. The fraction of sp³-hybridized carbons (Fsp3) is 0.296. The van der Waals surface area contributed by atoms with Crippen LogP contribution in [0.3, 0.4) is 0 Å². The number of allylic oxidation sites excluding steroid dienone is 5. The lowest BCUT2D eigenvalue weighted by Gasteiger charge is -2.34. The van der Waals surface area contributed by atoms with Gasteiger partial charge in [-0.15, -0.1) is 0 Å². The third kappa shape index (κ3) is 4.03. The lowest BCUT2D eigenvalue weighted by atomic mass is 10.0. The molecule has 7 heteroatoms. The number of rotatable bonds is 5. The van der Waals surface area contributed by atoms with E-state index in [0.29, 0.717) is 0 Å². The lowest BCUT2D eigenvalue weighted by Crippen LogP contribution is -2.44. The Labute approximate surface area is 199 Å². The van der Waals surface area contributed by atoms with Crippen molar-refractivity contribution in [3.05, 3.63) is 65.9 Å². The van der Waals surface area contributed by atoms with Gasteiger partial charge in [0, 0.05) is 31.8 Å². The van der Waals surface area contributed by atoms with Crippen LogP contribution in [0.4, 0.5) is 5.69 Å². The summed E-state index contributed by atoms with van der Waals surface area (Å²) in [6.07, 6.45) is 4.17. The number of anilines is 1. The highest BCUT2D eigenvalue weighted by Gasteiger charge is 2.20. The average Bonchev–Trinajstić information content (AvgIpc) is 3.46. The number of piperazine rings is 1. The predicted molar refractivity (Wildman–Crippen MR) is 141 cm³/mol. The maximum absolute atomic E-state index is 5.00. The Hall–Kier alpha value is -3.71. The van der Waals surface area contributed by atoms with Gasteiger partial charge in [0.05, 0.1) is 22.4 Å². The summed E-state index contributed by atoms with van der Waals surface area (Å²) in [5.74, 6) is 0.723. The Balaban J connectivity index is 1.59. The van der Waals surface area contributed by atoms with Crippen molar-refractivity contribution in [1.82, 2.24) is 30.0 Å². The smallest absolute Gasteiger partial charge is 0.161 e. The minimum Gasteiger partial charge on any atom is -0.367 e. The van der Waals surface area contributed by atoms with Crippen LogP contribution in [0.2, 0.25) is 0 Å². The second-order valence-electron chi connectivity index (χ2n) is 9.09. The van der Waals surface area contributed by atoms with Crippen LogP contribution in [0, 0.1) is 0 Å².